The third-order valence-electron chi connectivity index (χ3n) is 5.01. The maximum Gasteiger partial charge on any atom is 0.0491 e. The Labute approximate surface area is 149 Å². The number of fused-ring (bicyclic) bond motifs is 3. The topological polar surface area (TPSA) is 8.17 Å². The van der Waals surface area contributed by atoms with E-state index in [1.54, 1.807) is 0 Å². The van der Waals surface area contributed by atoms with Crippen molar-refractivity contribution in [2.24, 2.45) is 0 Å². The Morgan fingerprint density at radius 1 is 0.760 bits per heavy atom. The van der Waals surface area contributed by atoms with Crippen molar-refractivity contribution in [3.05, 3.63) is 77.9 Å². The summed E-state index contributed by atoms with van der Waals surface area (Å²) in [7, 11) is 4.15. The standard InChI is InChI=1S/C23H24N2/c1-4-25-22-8-6-5-7-20(22)21-16-18(11-14-23(21)25)15-17-9-12-19(13-10-17)24(2)3/h5-14,16H,4,15H2,1-3H3. The van der Waals surface area contributed by atoms with E-state index < -0.39 is 0 Å². The molecule has 0 spiro atoms. The number of nitrogens with zero attached hydrogens (tertiary/aromatic N) is 2. The van der Waals surface area contributed by atoms with Crippen molar-refractivity contribution in [1.82, 2.24) is 4.57 Å². The Morgan fingerprint density at radius 2 is 1.44 bits per heavy atom. The fraction of sp³-hybridized carbons (Fsp3) is 0.217. The number of aromatic nitrogens is 1. The monoisotopic (exact) mass is 328 g/mol. The molecule has 0 radical (unpaired) electrons. The molecule has 4 rings (SSSR count). The molecule has 2 nitrogen and oxygen atoms in total. The minimum atomic E-state index is 0.968. The van der Waals surface area contributed by atoms with E-state index in [2.05, 4.69) is 97.2 Å². The third kappa shape index (κ3) is 2.78. The predicted molar refractivity (Wildman–Crippen MR) is 109 cm³/mol. The Bertz CT molecular complexity index is 1020. The second-order valence-electron chi connectivity index (χ2n) is 6.85. The molecule has 4 aromatic rings. The van der Waals surface area contributed by atoms with Gasteiger partial charge in [-0.15, -0.1) is 0 Å². The van der Waals surface area contributed by atoms with Crippen molar-refractivity contribution in [2.75, 3.05) is 19.0 Å². The predicted octanol–water partition coefficient (Wildman–Crippen LogP) is 5.47. The van der Waals surface area contributed by atoms with Crippen molar-refractivity contribution < 1.29 is 0 Å². The zero-order valence-electron chi connectivity index (χ0n) is 15.2. The zero-order chi connectivity index (χ0) is 17.4. The molecule has 0 aliphatic heterocycles. The lowest BCUT2D eigenvalue weighted by Crippen LogP contribution is -2.08. The van der Waals surface area contributed by atoms with Gasteiger partial charge < -0.3 is 9.47 Å². The van der Waals surface area contributed by atoms with Crippen LogP contribution >= 0.6 is 0 Å². The zero-order valence-corrected chi connectivity index (χ0v) is 15.2. The van der Waals surface area contributed by atoms with Crippen molar-refractivity contribution in [3.8, 4) is 0 Å². The smallest absolute Gasteiger partial charge is 0.0491 e. The molecule has 0 N–H and O–H groups in total. The highest BCUT2D eigenvalue weighted by Gasteiger charge is 2.09. The van der Waals surface area contributed by atoms with Gasteiger partial charge in [-0.3, -0.25) is 0 Å². The number of benzene rings is 3. The fourth-order valence-electron chi connectivity index (χ4n) is 3.70. The Balaban J connectivity index is 1.75. The minimum Gasteiger partial charge on any atom is -0.378 e. The average molecular weight is 328 g/mol. The largest absolute Gasteiger partial charge is 0.378 e. The molecule has 3 aromatic carbocycles. The first-order valence-electron chi connectivity index (χ1n) is 8.93. The summed E-state index contributed by atoms with van der Waals surface area (Å²) in [5.41, 5.74) is 6.61. The molecule has 0 unspecified atom stereocenters. The summed E-state index contributed by atoms with van der Waals surface area (Å²) in [5.74, 6) is 0. The lowest BCUT2D eigenvalue weighted by molar-refractivity contribution is 0.827. The summed E-state index contributed by atoms with van der Waals surface area (Å²) in [6.07, 6.45) is 0.968. The van der Waals surface area contributed by atoms with Gasteiger partial charge in [-0.2, -0.15) is 0 Å². The molecular weight excluding hydrogens is 304 g/mol. The fourth-order valence-corrected chi connectivity index (χ4v) is 3.70. The van der Waals surface area contributed by atoms with Gasteiger partial charge in [-0.05, 0) is 54.8 Å². The van der Waals surface area contributed by atoms with Gasteiger partial charge in [0.1, 0.15) is 0 Å². The summed E-state index contributed by atoms with van der Waals surface area (Å²) in [5, 5.41) is 2.71. The molecule has 0 aliphatic carbocycles. The van der Waals surface area contributed by atoms with E-state index in [-0.39, 0.29) is 0 Å². The van der Waals surface area contributed by atoms with Gasteiger partial charge in [0.05, 0.1) is 0 Å². The number of aryl methyl sites for hydroxylation is 1. The first-order valence-corrected chi connectivity index (χ1v) is 8.93. The average Bonchev–Trinajstić information content (AvgIpc) is 2.95. The summed E-state index contributed by atoms with van der Waals surface area (Å²) in [4.78, 5) is 2.13. The van der Waals surface area contributed by atoms with Gasteiger partial charge in [0.15, 0.2) is 0 Å². The van der Waals surface area contributed by atoms with Crippen LogP contribution in [0.25, 0.3) is 21.8 Å². The first kappa shape index (κ1) is 15.8. The Hall–Kier alpha value is -2.74. The molecule has 126 valence electrons. The van der Waals surface area contributed by atoms with E-state index >= 15 is 0 Å². The number of hydrogen-bond donors (Lipinski definition) is 0. The van der Waals surface area contributed by atoms with E-state index in [9.17, 15) is 0 Å². The van der Waals surface area contributed by atoms with Crippen LogP contribution in [0.5, 0.6) is 0 Å². The highest BCUT2D eigenvalue weighted by Crippen LogP contribution is 2.30. The first-order chi connectivity index (χ1) is 12.2. The summed E-state index contributed by atoms with van der Waals surface area (Å²) in [6, 6.07) is 24.5. The van der Waals surface area contributed by atoms with Gasteiger partial charge in [-0.25, -0.2) is 0 Å². The number of hydrogen-bond acceptors (Lipinski definition) is 1. The van der Waals surface area contributed by atoms with Gasteiger partial charge in [0.2, 0.25) is 0 Å². The summed E-state index contributed by atoms with van der Waals surface area (Å²) < 4.78 is 2.40. The third-order valence-corrected chi connectivity index (χ3v) is 5.01. The molecule has 0 fully saturated rings. The van der Waals surface area contributed by atoms with E-state index in [4.69, 9.17) is 0 Å². The minimum absolute atomic E-state index is 0.968. The van der Waals surface area contributed by atoms with Crippen LogP contribution in [0.15, 0.2) is 66.7 Å². The summed E-state index contributed by atoms with van der Waals surface area (Å²) in [6.45, 7) is 3.21. The molecule has 0 amide bonds. The van der Waals surface area contributed by atoms with E-state index in [1.807, 2.05) is 0 Å². The second kappa shape index (κ2) is 6.29. The molecule has 2 heteroatoms. The molecule has 0 saturated carbocycles. The Kier molecular flexibility index (Phi) is 3.96. The number of anilines is 1. The van der Waals surface area contributed by atoms with Crippen LogP contribution in [0.1, 0.15) is 18.1 Å². The lowest BCUT2D eigenvalue weighted by atomic mass is 10.0. The van der Waals surface area contributed by atoms with Gasteiger partial charge >= 0.3 is 0 Å². The van der Waals surface area contributed by atoms with Crippen LogP contribution in [-0.4, -0.2) is 18.7 Å². The molecule has 0 aliphatic rings. The van der Waals surface area contributed by atoms with Crippen LogP contribution in [0.2, 0.25) is 0 Å². The molecule has 1 heterocycles. The number of rotatable bonds is 4. The Morgan fingerprint density at radius 3 is 2.16 bits per heavy atom. The molecular formula is C23H24N2. The molecule has 25 heavy (non-hydrogen) atoms. The second-order valence-corrected chi connectivity index (χ2v) is 6.85. The van der Waals surface area contributed by atoms with Gasteiger partial charge in [0.25, 0.3) is 0 Å². The molecule has 0 atom stereocenters. The van der Waals surface area contributed by atoms with Crippen molar-refractivity contribution >= 4 is 27.5 Å². The quantitative estimate of drug-likeness (QED) is 0.482. The van der Waals surface area contributed by atoms with Crippen LogP contribution in [0, 0.1) is 0 Å². The highest BCUT2D eigenvalue weighted by molar-refractivity contribution is 6.08. The van der Waals surface area contributed by atoms with Crippen molar-refractivity contribution in [1.29, 1.82) is 0 Å². The van der Waals surface area contributed by atoms with Crippen molar-refractivity contribution in [2.45, 2.75) is 19.9 Å². The normalized spacial score (nSPS) is 11.3. The molecule has 1 aromatic heterocycles. The highest BCUT2D eigenvalue weighted by atomic mass is 15.1. The molecule has 0 bridgehead atoms. The molecule has 0 saturated heterocycles. The lowest BCUT2D eigenvalue weighted by Gasteiger charge is -2.12. The van der Waals surface area contributed by atoms with Crippen LogP contribution < -0.4 is 4.90 Å². The van der Waals surface area contributed by atoms with E-state index in [1.165, 1.54) is 38.6 Å². The number of para-hydroxylation sites is 1. The van der Waals surface area contributed by atoms with Crippen LogP contribution in [-0.2, 0) is 13.0 Å². The van der Waals surface area contributed by atoms with Crippen molar-refractivity contribution in [3.63, 3.8) is 0 Å². The maximum absolute atomic E-state index is 2.40. The maximum atomic E-state index is 2.40. The van der Waals surface area contributed by atoms with E-state index in [0.717, 1.165) is 13.0 Å². The van der Waals surface area contributed by atoms with Gasteiger partial charge in [0, 0.05) is 48.1 Å². The van der Waals surface area contributed by atoms with E-state index in [0.29, 0.717) is 0 Å². The van der Waals surface area contributed by atoms with Crippen LogP contribution in [0.4, 0.5) is 5.69 Å². The SMILES string of the molecule is CCn1c2ccccc2c2cc(Cc3ccc(N(C)C)cc3)ccc21. The van der Waals surface area contributed by atoms with Gasteiger partial charge in [-0.1, -0.05) is 36.4 Å². The van der Waals surface area contributed by atoms with Crippen LogP contribution in [0.3, 0.4) is 0 Å². The summed E-state index contributed by atoms with van der Waals surface area (Å²) >= 11 is 0.